The fourth-order valence-corrected chi connectivity index (χ4v) is 4.35. The summed E-state index contributed by atoms with van der Waals surface area (Å²) in [6, 6.07) is 17.8. The fraction of sp³-hybridized carbons (Fsp3) is 0.190. The molecule has 152 valence electrons. The van der Waals surface area contributed by atoms with Crippen LogP contribution < -0.4 is 5.32 Å². The number of carbonyl (C=O) groups excluding carboxylic acids is 1. The molecule has 3 rings (SSSR count). The molecule has 0 aliphatic carbocycles. The van der Waals surface area contributed by atoms with Crippen molar-refractivity contribution in [2.24, 2.45) is 0 Å². The zero-order valence-corrected chi connectivity index (χ0v) is 17.6. The van der Waals surface area contributed by atoms with E-state index in [-0.39, 0.29) is 28.3 Å². The molecule has 0 saturated carbocycles. The van der Waals surface area contributed by atoms with Crippen molar-refractivity contribution in [3.63, 3.8) is 0 Å². The van der Waals surface area contributed by atoms with Gasteiger partial charge in [0, 0.05) is 11.6 Å². The van der Waals surface area contributed by atoms with Crippen molar-refractivity contribution in [1.29, 1.82) is 0 Å². The summed E-state index contributed by atoms with van der Waals surface area (Å²) < 4.78 is 30.5. The third-order valence-corrected chi connectivity index (χ3v) is 6.45. The average Bonchev–Trinajstić information content (AvgIpc) is 3.21. The van der Waals surface area contributed by atoms with Crippen LogP contribution in [0.1, 0.15) is 22.2 Å². The first-order valence-electron chi connectivity index (χ1n) is 8.89. The van der Waals surface area contributed by atoms with Gasteiger partial charge in [-0.2, -0.15) is 0 Å². The van der Waals surface area contributed by atoms with Crippen molar-refractivity contribution < 1.29 is 17.6 Å². The highest BCUT2D eigenvalue weighted by Gasteiger charge is 2.24. The van der Waals surface area contributed by atoms with E-state index in [1.807, 2.05) is 37.2 Å². The Kier molecular flexibility index (Phi) is 6.42. The molecule has 0 aliphatic rings. The lowest BCUT2D eigenvalue weighted by Gasteiger charge is -2.25. The molecule has 1 heterocycles. The molecule has 0 saturated heterocycles. The molecule has 2 aromatic carbocycles. The molecule has 0 fully saturated rings. The van der Waals surface area contributed by atoms with Gasteiger partial charge >= 0.3 is 0 Å². The van der Waals surface area contributed by atoms with Crippen molar-refractivity contribution in [3.05, 3.63) is 83.1 Å². The quantitative estimate of drug-likeness (QED) is 0.614. The molecule has 8 heteroatoms. The van der Waals surface area contributed by atoms with Gasteiger partial charge < -0.3 is 14.6 Å². The van der Waals surface area contributed by atoms with Crippen LogP contribution in [0.25, 0.3) is 0 Å². The number of likely N-dealkylation sites (N-methyl/N-ethyl adjacent to an activating group) is 1. The van der Waals surface area contributed by atoms with Crippen LogP contribution in [-0.2, 0) is 9.84 Å². The number of hydrogen-bond acceptors (Lipinski definition) is 5. The van der Waals surface area contributed by atoms with Crippen LogP contribution in [-0.4, -0.2) is 39.9 Å². The summed E-state index contributed by atoms with van der Waals surface area (Å²) >= 11 is 6.28. The third kappa shape index (κ3) is 4.70. The molecule has 6 nitrogen and oxygen atoms in total. The topological polar surface area (TPSA) is 79.6 Å². The summed E-state index contributed by atoms with van der Waals surface area (Å²) in [4.78, 5) is 14.6. The van der Waals surface area contributed by atoms with E-state index in [4.69, 9.17) is 16.0 Å². The number of rotatable bonds is 7. The molecular weight excluding hydrogens is 412 g/mol. The molecule has 0 bridgehead atoms. The van der Waals surface area contributed by atoms with Gasteiger partial charge in [0.1, 0.15) is 0 Å². The lowest BCUT2D eigenvalue weighted by molar-refractivity contribution is 0.0909. The van der Waals surface area contributed by atoms with Crippen LogP contribution >= 0.6 is 11.6 Å². The zero-order chi connectivity index (χ0) is 21.0. The predicted molar refractivity (Wildman–Crippen MR) is 111 cm³/mol. The molecular formula is C21H21ClN2O4S. The molecule has 0 spiro atoms. The molecule has 3 aromatic rings. The number of benzene rings is 2. The van der Waals surface area contributed by atoms with Crippen LogP contribution in [0.4, 0.5) is 0 Å². The first-order chi connectivity index (χ1) is 13.8. The van der Waals surface area contributed by atoms with Crippen LogP contribution in [0, 0.1) is 0 Å². The van der Waals surface area contributed by atoms with Crippen LogP contribution in [0.5, 0.6) is 0 Å². The Morgan fingerprint density at radius 2 is 1.69 bits per heavy atom. The number of halogens is 1. The fourth-order valence-electron chi connectivity index (χ4n) is 2.89. The minimum Gasteiger partial charge on any atom is -0.439 e. The van der Waals surface area contributed by atoms with Crippen molar-refractivity contribution in [3.8, 4) is 0 Å². The van der Waals surface area contributed by atoms with Crippen LogP contribution in [0.2, 0.25) is 5.02 Å². The number of carbonyl (C=O) groups is 1. The number of sulfone groups is 1. The Morgan fingerprint density at radius 1 is 1.03 bits per heavy atom. The number of amides is 1. The minimum absolute atomic E-state index is 0.0730. The van der Waals surface area contributed by atoms with Crippen molar-refractivity contribution in [2.75, 3.05) is 20.6 Å². The zero-order valence-electron chi connectivity index (χ0n) is 16.0. The Bertz CT molecular complexity index is 1090. The first-order valence-corrected chi connectivity index (χ1v) is 10.8. The van der Waals surface area contributed by atoms with Gasteiger partial charge in [0.15, 0.2) is 5.76 Å². The summed E-state index contributed by atoms with van der Waals surface area (Å²) in [6.07, 6.45) is 0. The number of nitrogens with one attached hydrogen (secondary N) is 1. The van der Waals surface area contributed by atoms with Crippen molar-refractivity contribution in [1.82, 2.24) is 10.2 Å². The van der Waals surface area contributed by atoms with Crippen molar-refractivity contribution >= 4 is 27.3 Å². The molecule has 0 aliphatic heterocycles. The molecule has 1 unspecified atom stereocenters. The van der Waals surface area contributed by atoms with Gasteiger partial charge in [-0.15, -0.1) is 0 Å². The van der Waals surface area contributed by atoms with Gasteiger partial charge in [-0.1, -0.05) is 48.0 Å². The summed E-state index contributed by atoms with van der Waals surface area (Å²) in [5.74, 6) is -0.574. The standard InChI is InChI=1S/C21H21ClN2O4S/c1-24(2)18(16-10-6-7-11-17(16)22)14-23-21(25)19-12-13-20(28-19)29(26,27)15-8-4-3-5-9-15/h3-13,18H,14H2,1-2H3,(H,23,25). The SMILES string of the molecule is CN(C)C(CNC(=O)c1ccc(S(=O)(=O)c2ccccc2)o1)c1ccccc1Cl. The summed E-state index contributed by atoms with van der Waals surface area (Å²) in [5, 5.41) is 3.12. The highest BCUT2D eigenvalue weighted by atomic mass is 35.5. The lowest BCUT2D eigenvalue weighted by Crippen LogP contribution is -2.34. The average molecular weight is 433 g/mol. The number of hydrogen-bond donors (Lipinski definition) is 1. The van der Waals surface area contributed by atoms with Gasteiger partial charge in [-0.05, 0) is 50.0 Å². The highest BCUT2D eigenvalue weighted by Crippen LogP contribution is 2.26. The molecule has 1 atom stereocenters. The van der Waals surface area contributed by atoms with E-state index in [0.717, 1.165) is 5.56 Å². The monoisotopic (exact) mass is 432 g/mol. The molecule has 1 N–H and O–H groups in total. The molecule has 0 radical (unpaired) electrons. The minimum atomic E-state index is -3.82. The first kappa shape index (κ1) is 21.1. The number of furan rings is 1. The smallest absolute Gasteiger partial charge is 0.287 e. The van der Waals surface area contributed by atoms with Gasteiger partial charge in [0.2, 0.25) is 14.9 Å². The molecule has 29 heavy (non-hydrogen) atoms. The van der Waals surface area contributed by atoms with Gasteiger partial charge in [-0.3, -0.25) is 4.79 Å². The summed E-state index contributed by atoms with van der Waals surface area (Å²) in [6.45, 7) is 0.275. The Morgan fingerprint density at radius 3 is 2.34 bits per heavy atom. The van der Waals surface area contributed by atoms with Gasteiger partial charge in [0.25, 0.3) is 5.91 Å². The maximum atomic E-state index is 12.6. The van der Waals surface area contributed by atoms with E-state index in [2.05, 4.69) is 5.32 Å². The Balaban J connectivity index is 1.74. The second-order valence-electron chi connectivity index (χ2n) is 6.65. The second kappa shape index (κ2) is 8.82. The van der Waals surface area contributed by atoms with Crippen LogP contribution in [0.15, 0.2) is 81.1 Å². The van der Waals surface area contributed by atoms with E-state index >= 15 is 0 Å². The maximum Gasteiger partial charge on any atom is 0.287 e. The molecule has 1 aromatic heterocycles. The van der Waals surface area contributed by atoms with E-state index in [1.54, 1.807) is 24.3 Å². The Labute approximate surface area is 175 Å². The maximum absolute atomic E-state index is 12.6. The second-order valence-corrected chi connectivity index (χ2v) is 8.93. The van der Waals surface area contributed by atoms with E-state index in [1.165, 1.54) is 24.3 Å². The summed E-state index contributed by atoms with van der Waals surface area (Å²) in [5.41, 5.74) is 0.881. The van der Waals surface area contributed by atoms with E-state index < -0.39 is 15.7 Å². The van der Waals surface area contributed by atoms with E-state index in [9.17, 15) is 13.2 Å². The highest BCUT2D eigenvalue weighted by molar-refractivity contribution is 7.91. The number of nitrogens with zero attached hydrogens (tertiary/aromatic N) is 1. The van der Waals surface area contributed by atoms with E-state index in [0.29, 0.717) is 5.02 Å². The molecule has 1 amide bonds. The summed E-state index contributed by atoms with van der Waals surface area (Å²) in [7, 11) is -0.0443. The predicted octanol–water partition coefficient (Wildman–Crippen LogP) is 3.80. The van der Waals surface area contributed by atoms with Crippen molar-refractivity contribution in [2.45, 2.75) is 16.0 Å². The normalized spacial score (nSPS) is 12.7. The van der Waals surface area contributed by atoms with Gasteiger partial charge in [0.05, 0.1) is 10.9 Å². The van der Waals surface area contributed by atoms with Gasteiger partial charge in [-0.25, -0.2) is 8.42 Å². The largest absolute Gasteiger partial charge is 0.439 e. The lowest BCUT2D eigenvalue weighted by atomic mass is 10.1. The Hall–Kier alpha value is -2.61. The van der Waals surface area contributed by atoms with Crippen LogP contribution in [0.3, 0.4) is 0 Å². The third-order valence-electron chi connectivity index (χ3n) is 4.47.